The number of anilines is 1. The molecule has 0 saturated carbocycles. The van der Waals surface area contributed by atoms with Crippen LogP contribution in [0.25, 0.3) is 0 Å². The highest BCUT2D eigenvalue weighted by molar-refractivity contribution is 5.75. The molecule has 118 valence electrons. The van der Waals surface area contributed by atoms with Crippen LogP contribution in [0.1, 0.15) is 30.3 Å². The predicted molar refractivity (Wildman–Crippen MR) is 79.7 cm³/mol. The van der Waals surface area contributed by atoms with Gasteiger partial charge in [0, 0.05) is 18.7 Å². The van der Waals surface area contributed by atoms with Gasteiger partial charge in [-0.15, -0.1) is 5.10 Å². The van der Waals surface area contributed by atoms with E-state index in [2.05, 4.69) is 30.9 Å². The second kappa shape index (κ2) is 6.56. The van der Waals surface area contributed by atoms with Gasteiger partial charge in [-0.25, -0.2) is 0 Å². The molecule has 1 aliphatic rings. The number of nitrogens with two attached hydrogens (primary N) is 1. The van der Waals surface area contributed by atoms with E-state index in [1.807, 2.05) is 12.3 Å². The van der Waals surface area contributed by atoms with Gasteiger partial charge in [0.15, 0.2) is 0 Å². The SMILES string of the molecule is Nc1n[nH]c(CNC(=O)Cn2ccc(C3CCCNC3)n2)n1. The van der Waals surface area contributed by atoms with Crippen molar-refractivity contribution in [2.24, 2.45) is 0 Å². The van der Waals surface area contributed by atoms with Crippen molar-refractivity contribution in [3.05, 3.63) is 23.8 Å². The first-order valence-electron chi connectivity index (χ1n) is 7.38. The van der Waals surface area contributed by atoms with Gasteiger partial charge in [0.2, 0.25) is 11.9 Å². The molecule has 1 unspecified atom stereocenters. The fraction of sp³-hybridized carbons (Fsp3) is 0.538. The molecule has 0 aromatic carbocycles. The number of nitrogen functional groups attached to an aromatic ring is 1. The van der Waals surface area contributed by atoms with E-state index in [-0.39, 0.29) is 24.9 Å². The van der Waals surface area contributed by atoms with Gasteiger partial charge in [-0.1, -0.05) is 0 Å². The van der Waals surface area contributed by atoms with Crippen molar-refractivity contribution in [3.63, 3.8) is 0 Å². The zero-order chi connectivity index (χ0) is 15.4. The van der Waals surface area contributed by atoms with Gasteiger partial charge in [-0.05, 0) is 25.5 Å². The number of amides is 1. The van der Waals surface area contributed by atoms with Crippen LogP contribution in [-0.4, -0.2) is 44.0 Å². The third-order valence-corrected chi connectivity index (χ3v) is 3.68. The summed E-state index contributed by atoms with van der Waals surface area (Å²) >= 11 is 0. The maximum absolute atomic E-state index is 11.9. The number of nitrogens with one attached hydrogen (secondary N) is 3. The topological polar surface area (TPSA) is 127 Å². The van der Waals surface area contributed by atoms with Gasteiger partial charge >= 0.3 is 0 Å². The monoisotopic (exact) mass is 304 g/mol. The smallest absolute Gasteiger partial charge is 0.242 e. The van der Waals surface area contributed by atoms with Gasteiger partial charge in [0.25, 0.3) is 0 Å². The van der Waals surface area contributed by atoms with Gasteiger partial charge in [0.1, 0.15) is 12.4 Å². The highest BCUT2D eigenvalue weighted by atomic mass is 16.2. The standard InChI is InChI=1S/C13H20N8O/c14-13-17-11(18-19-13)7-16-12(22)8-21-5-3-10(20-21)9-2-1-4-15-6-9/h3,5,9,15H,1-2,4,6-8H2,(H,16,22)(H3,14,17,18,19). The van der Waals surface area contributed by atoms with Gasteiger partial charge in [-0.3, -0.25) is 14.6 Å². The van der Waals surface area contributed by atoms with Crippen molar-refractivity contribution < 1.29 is 4.79 Å². The van der Waals surface area contributed by atoms with Crippen LogP contribution in [0.15, 0.2) is 12.3 Å². The molecule has 3 heterocycles. The highest BCUT2D eigenvalue weighted by Crippen LogP contribution is 2.21. The first-order valence-corrected chi connectivity index (χ1v) is 7.38. The minimum atomic E-state index is -0.133. The molecular formula is C13H20N8O. The largest absolute Gasteiger partial charge is 0.367 e. The molecule has 1 amide bonds. The fourth-order valence-electron chi connectivity index (χ4n) is 2.56. The average molecular weight is 304 g/mol. The Labute approximate surface area is 127 Å². The summed E-state index contributed by atoms with van der Waals surface area (Å²) in [6.45, 7) is 2.48. The summed E-state index contributed by atoms with van der Waals surface area (Å²) in [5, 5.41) is 17.0. The van der Waals surface area contributed by atoms with E-state index in [9.17, 15) is 4.79 Å². The molecule has 9 heteroatoms. The molecule has 0 aliphatic carbocycles. The Morgan fingerprint density at radius 2 is 2.45 bits per heavy atom. The first kappa shape index (κ1) is 14.5. The number of aromatic nitrogens is 5. The summed E-state index contributed by atoms with van der Waals surface area (Å²) in [5.41, 5.74) is 6.44. The molecule has 0 bridgehead atoms. The minimum absolute atomic E-state index is 0.133. The van der Waals surface area contributed by atoms with Gasteiger partial charge in [0.05, 0.1) is 12.2 Å². The Kier molecular flexibility index (Phi) is 4.33. The van der Waals surface area contributed by atoms with Crippen molar-refractivity contribution >= 4 is 11.9 Å². The maximum atomic E-state index is 11.9. The Balaban J connectivity index is 1.50. The molecular weight excluding hydrogens is 284 g/mol. The van der Waals surface area contributed by atoms with Crippen LogP contribution in [-0.2, 0) is 17.9 Å². The number of aromatic amines is 1. The molecule has 22 heavy (non-hydrogen) atoms. The molecule has 1 saturated heterocycles. The van der Waals surface area contributed by atoms with Gasteiger partial charge < -0.3 is 16.4 Å². The lowest BCUT2D eigenvalue weighted by molar-refractivity contribution is -0.122. The van der Waals surface area contributed by atoms with Crippen LogP contribution in [0.4, 0.5) is 5.95 Å². The lowest BCUT2D eigenvalue weighted by Gasteiger charge is -2.20. The quantitative estimate of drug-likeness (QED) is 0.582. The van der Waals surface area contributed by atoms with Crippen LogP contribution in [0.5, 0.6) is 0 Å². The normalized spacial score (nSPS) is 18.3. The summed E-state index contributed by atoms with van der Waals surface area (Å²) in [6.07, 6.45) is 4.15. The Morgan fingerprint density at radius 3 is 3.18 bits per heavy atom. The van der Waals surface area contributed by atoms with E-state index in [4.69, 9.17) is 5.73 Å². The fourth-order valence-corrected chi connectivity index (χ4v) is 2.56. The second-order valence-electron chi connectivity index (χ2n) is 5.40. The van der Waals surface area contributed by atoms with Crippen molar-refractivity contribution in [1.29, 1.82) is 0 Å². The van der Waals surface area contributed by atoms with E-state index in [1.165, 1.54) is 6.42 Å². The molecule has 1 fully saturated rings. The lowest BCUT2D eigenvalue weighted by Crippen LogP contribution is -2.29. The minimum Gasteiger partial charge on any atom is -0.367 e. The highest BCUT2D eigenvalue weighted by Gasteiger charge is 2.17. The number of piperidine rings is 1. The van der Waals surface area contributed by atoms with Crippen LogP contribution >= 0.6 is 0 Å². The Bertz CT molecular complexity index is 628. The van der Waals surface area contributed by atoms with Crippen LogP contribution in [0.3, 0.4) is 0 Å². The Morgan fingerprint density at radius 1 is 1.55 bits per heavy atom. The lowest BCUT2D eigenvalue weighted by atomic mass is 9.97. The van der Waals surface area contributed by atoms with E-state index in [0.717, 1.165) is 25.2 Å². The second-order valence-corrected chi connectivity index (χ2v) is 5.40. The molecule has 2 aromatic rings. The number of rotatable bonds is 5. The van der Waals surface area contributed by atoms with Crippen LogP contribution < -0.4 is 16.4 Å². The number of nitrogens with zero attached hydrogens (tertiary/aromatic N) is 4. The number of hydrogen-bond acceptors (Lipinski definition) is 6. The van der Waals surface area contributed by atoms with Crippen LogP contribution in [0, 0.1) is 0 Å². The zero-order valence-corrected chi connectivity index (χ0v) is 12.2. The molecule has 1 aliphatic heterocycles. The molecule has 9 nitrogen and oxygen atoms in total. The summed E-state index contributed by atoms with van der Waals surface area (Å²) in [6, 6.07) is 1.99. The van der Waals surface area contributed by atoms with E-state index in [0.29, 0.717) is 11.7 Å². The van der Waals surface area contributed by atoms with E-state index in [1.54, 1.807) is 4.68 Å². The molecule has 3 rings (SSSR count). The zero-order valence-electron chi connectivity index (χ0n) is 12.2. The van der Waals surface area contributed by atoms with Crippen molar-refractivity contribution in [1.82, 2.24) is 35.6 Å². The molecule has 0 radical (unpaired) electrons. The molecule has 5 N–H and O–H groups in total. The summed E-state index contributed by atoms with van der Waals surface area (Å²) < 4.78 is 1.66. The van der Waals surface area contributed by atoms with Crippen molar-refractivity contribution in [2.75, 3.05) is 18.8 Å². The van der Waals surface area contributed by atoms with Crippen molar-refractivity contribution in [2.45, 2.75) is 31.8 Å². The maximum Gasteiger partial charge on any atom is 0.242 e. The predicted octanol–water partition coefficient (Wildman–Crippen LogP) is -0.633. The molecule has 1 atom stereocenters. The molecule has 0 spiro atoms. The summed E-state index contributed by atoms with van der Waals surface area (Å²) in [5.74, 6) is 1.00. The Hall–Kier alpha value is -2.42. The first-order chi connectivity index (χ1) is 10.7. The third kappa shape index (κ3) is 3.61. The van der Waals surface area contributed by atoms with Gasteiger partial charge in [-0.2, -0.15) is 10.1 Å². The van der Waals surface area contributed by atoms with Crippen molar-refractivity contribution in [3.8, 4) is 0 Å². The van der Waals surface area contributed by atoms with Crippen LogP contribution in [0.2, 0.25) is 0 Å². The number of carbonyl (C=O) groups is 1. The average Bonchev–Trinajstić information content (AvgIpc) is 3.15. The summed E-state index contributed by atoms with van der Waals surface area (Å²) in [4.78, 5) is 15.8. The number of H-pyrrole nitrogens is 1. The number of hydrogen-bond donors (Lipinski definition) is 4. The summed E-state index contributed by atoms with van der Waals surface area (Å²) in [7, 11) is 0. The van der Waals surface area contributed by atoms with E-state index >= 15 is 0 Å². The third-order valence-electron chi connectivity index (χ3n) is 3.68. The van der Waals surface area contributed by atoms with E-state index < -0.39 is 0 Å². The molecule has 2 aromatic heterocycles. The number of carbonyl (C=O) groups excluding carboxylic acids is 1.